The van der Waals surface area contributed by atoms with Crippen LogP contribution in [-0.4, -0.2) is 52.2 Å². The molecule has 0 spiro atoms. The summed E-state index contributed by atoms with van der Waals surface area (Å²) in [7, 11) is 0. The highest BCUT2D eigenvalue weighted by Crippen LogP contribution is 2.29. The minimum absolute atomic E-state index is 0.137. The summed E-state index contributed by atoms with van der Waals surface area (Å²) in [5, 5.41) is 22.3. The summed E-state index contributed by atoms with van der Waals surface area (Å²) in [5.74, 6) is -1.98. The molecule has 1 aromatic heterocycles. The van der Waals surface area contributed by atoms with Gasteiger partial charge in [0, 0.05) is 37.1 Å². The minimum Gasteiger partial charge on any atom is -0.475 e. The van der Waals surface area contributed by atoms with Crippen LogP contribution < -0.4 is 26.6 Å². The van der Waals surface area contributed by atoms with Crippen molar-refractivity contribution < 1.29 is 32.7 Å². The molecule has 0 saturated heterocycles. The molecule has 1 aliphatic heterocycles. The van der Waals surface area contributed by atoms with Crippen LogP contribution in [0.3, 0.4) is 0 Å². The number of nitrogens with zero attached hydrogens (tertiary/aromatic N) is 2. The smallest absolute Gasteiger partial charge is 0.475 e. The van der Waals surface area contributed by atoms with Crippen molar-refractivity contribution in [2.45, 2.75) is 25.9 Å². The number of carboxylic acids is 1. The van der Waals surface area contributed by atoms with Crippen LogP contribution in [0.2, 0.25) is 5.02 Å². The fourth-order valence-corrected chi connectivity index (χ4v) is 3.58. The van der Waals surface area contributed by atoms with E-state index in [1.54, 1.807) is 6.20 Å². The molecule has 2 aromatic carbocycles. The summed E-state index contributed by atoms with van der Waals surface area (Å²) < 4.78 is 31.7. The van der Waals surface area contributed by atoms with E-state index < -0.39 is 12.1 Å². The number of halogens is 4. The number of rotatable bonds is 4. The zero-order valence-corrected chi connectivity index (χ0v) is 21.8. The average molecular weight is 580 g/mol. The number of carboxylic acid groups (broad SMARTS) is 1. The molecule has 11 nitrogen and oxygen atoms in total. The van der Waals surface area contributed by atoms with Crippen LogP contribution in [0.4, 0.5) is 46.8 Å². The summed E-state index contributed by atoms with van der Waals surface area (Å²) in [4.78, 5) is 41.0. The standard InChI is InChI=1S/C23H24ClN7O2.C2HF3O2/c1-14(32)25-9-10-26-23(33)30-20-8-7-18-12-16(20)6-5-15-3-2-4-17(11-15)29-22-27-13-19(24)21(28-18)31-22;3-2(4,5)1(6)7/h2-4,7-8,11-13H,5-6,9-10H2,1H3,(H,25,32)(H2,26,30,33)(H2,27,28,29,31);(H,6,7). The molecule has 3 aromatic rings. The van der Waals surface area contributed by atoms with Gasteiger partial charge in [0.15, 0.2) is 5.82 Å². The molecule has 6 bridgehead atoms. The lowest BCUT2D eigenvalue weighted by atomic mass is 10.0. The monoisotopic (exact) mass is 579 g/mol. The van der Waals surface area contributed by atoms with E-state index in [4.69, 9.17) is 21.5 Å². The van der Waals surface area contributed by atoms with Crippen molar-refractivity contribution in [1.82, 2.24) is 20.6 Å². The lowest BCUT2D eigenvalue weighted by Gasteiger charge is -2.15. The van der Waals surface area contributed by atoms with Crippen molar-refractivity contribution in [3.05, 3.63) is 64.8 Å². The molecule has 1 aliphatic rings. The molecule has 4 rings (SSSR count). The van der Waals surface area contributed by atoms with E-state index in [1.807, 2.05) is 30.3 Å². The van der Waals surface area contributed by atoms with Gasteiger partial charge in [-0.25, -0.2) is 14.6 Å². The first-order chi connectivity index (χ1) is 18.9. The van der Waals surface area contributed by atoms with Crippen LogP contribution in [-0.2, 0) is 22.4 Å². The number of aliphatic carboxylic acids is 1. The number of aromatic nitrogens is 2. The van der Waals surface area contributed by atoms with E-state index >= 15 is 0 Å². The SMILES string of the molecule is CC(=O)NCCNC(=O)Nc1ccc2cc1CCc1cccc(c1)Nc1ncc(Cl)c(n1)N2.O=C(O)C(F)(F)F. The summed E-state index contributed by atoms with van der Waals surface area (Å²) in [6, 6.07) is 13.4. The van der Waals surface area contributed by atoms with E-state index in [0.717, 1.165) is 28.9 Å². The van der Waals surface area contributed by atoms with Gasteiger partial charge in [-0.2, -0.15) is 18.2 Å². The fraction of sp³-hybridized carbons (Fsp3) is 0.240. The van der Waals surface area contributed by atoms with Gasteiger partial charge in [0.1, 0.15) is 5.02 Å². The van der Waals surface area contributed by atoms with E-state index in [-0.39, 0.29) is 11.9 Å². The number of carbonyl (C=O) groups excluding carboxylic acids is 2. The van der Waals surface area contributed by atoms with Gasteiger partial charge < -0.3 is 31.7 Å². The van der Waals surface area contributed by atoms with E-state index in [2.05, 4.69) is 48.7 Å². The molecule has 0 fully saturated rings. The number of benzene rings is 2. The van der Waals surface area contributed by atoms with Gasteiger partial charge in [-0.05, 0) is 54.3 Å². The number of carbonyl (C=O) groups is 3. The number of fused-ring (bicyclic) bond motifs is 6. The molecule has 0 atom stereocenters. The molecule has 40 heavy (non-hydrogen) atoms. The number of hydrogen-bond donors (Lipinski definition) is 6. The largest absolute Gasteiger partial charge is 0.490 e. The number of alkyl halides is 3. The Labute approximate surface area is 231 Å². The van der Waals surface area contributed by atoms with Gasteiger partial charge in [0.2, 0.25) is 11.9 Å². The molecule has 3 amide bonds. The molecule has 6 N–H and O–H groups in total. The zero-order chi connectivity index (χ0) is 29.3. The second kappa shape index (κ2) is 13.5. The molecule has 15 heteroatoms. The van der Waals surface area contributed by atoms with Crippen LogP contribution in [0.5, 0.6) is 0 Å². The highest BCUT2D eigenvalue weighted by atomic mass is 35.5. The Morgan fingerprint density at radius 1 is 1.02 bits per heavy atom. The molecule has 0 unspecified atom stereocenters. The van der Waals surface area contributed by atoms with Gasteiger partial charge in [0.05, 0.1) is 6.20 Å². The zero-order valence-electron chi connectivity index (χ0n) is 21.0. The Morgan fingerprint density at radius 3 is 2.42 bits per heavy atom. The van der Waals surface area contributed by atoms with Crippen molar-refractivity contribution >= 4 is 58.3 Å². The minimum atomic E-state index is -5.08. The Morgan fingerprint density at radius 2 is 1.73 bits per heavy atom. The van der Waals surface area contributed by atoms with Crippen LogP contribution in [0.15, 0.2) is 48.7 Å². The maximum atomic E-state index is 12.4. The molecular weight excluding hydrogens is 555 g/mol. The molecule has 212 valence electrons. The first-order valence-electron chi connectivity index (χ1n) is 11.8. The number of hydrogen-bond acceptors (Lipinski definition) is 7. The van der Waals surface area contributed by atoms with Crippen molar-refractivity contribution in [3.8, 4) is 0 Å². The Kier molecular flexibility index (Phi) is 10.1. The highest BCUT2D eigenvalue weighted by molar-refractivity contribution is 6.32. The average Bonchev–Trinajstić information content (AvgIpc) is 2.88. The van der Waals surface area contributed by atoms with Gasteiger partial charge in [-0.1, -0.05) is 23.7 Å². The van der Waals surface area contributed by atoms with Crippen LogP contribution in [0.1, 0.15) is 18.1 Å². The number of aryl methyl sites for hydroxylation is 2. The summed E-state index contributed by atoms with van der Waals surface area (Å²) >= 11 is 6.31. The van der Waals surface area contributed by atoms with Gasteiger partial charge in [0.25, 0.3) is 0 Å². The molecule has 2 heterocycles. The highest BCUT2D eigenvalue weighted by Gasteiger charge is 2.38. The van der Waals surface area contributed by atoms with E-state index in [0.29, 0.717) is 42.0 Å². The first kappa shape index (κ1) is 30.0. The van der Waals surface area contributed by atoms with Crippen LogP contribution >= 0.6 is 11.6 Å². The normalized spacial score (nSPS) is 11.9. The van der Waals surface area contributed by atoms with Gasteiger partial charge in [-0.15, -0.1) is 0 Å². The second-order valence-electron chi connectivity index (χ2n) is 8.38. The third kappa shape index (κ3) is 9.31. The number of urea groups is 1. The molecular formula is C25H25ClF3N7O4. The first-order valence-corrected chi connectivity index (χ1v) is 12.2. The maximum Gasteiger partial charge on any atom is 0.490 e. The summed E-state index contributed by atoms with van der Waals surface area (Å²) in [6.45, 7) is 2.13. The molecule has 0 radical (unpaired) electrons. The Hall–Kier alpha value is -4.59. The number of amides is 3. The summed E-state index contributed by atoms with van der Waals surface area (Å²) in [6.07, 6.45) is -2.06. The van der Waals surface area contributed by atoms with E-state index in [9.17, 15) is 22.8 Å². The van der Waals surface area contributed by atoms with Crippen molar-refractivity contribution in [2.75, 3.05) is 29.0 Å². The Balaban J connectivity index is 0.000000559. The van der Waals surface area contributed by atoms with Crippen LogP contribution in [0.25, 0.3) is 0 Å². The predicted molar refractivity (Wildman–Crippen MR) is 143 cm³/mol. The fourth-order valence-electron chi connectivity index (χ4n) is 3.45. The lowest BCUT2D eigenvalue weighted by molar-refractivity contribution is -0.192. The maximum absolute atomic E-state index is 12.4. The molecule has 0 aliphatic carbocycles. The predicted octanol–water partition coefficient (Wildman–Crippen LogP) is 4.61. The quantitative estimate of drug-likeness (QED) is 0.245. The summed E-state index contributed by atoms with van der Waals surface area (Å²) in [5.41, 5.74) is 4.47. The number of anilines is 5. The Bertz CT molecular complexity index is 1390. The lowest BCUT2D eigenvalue weighted by Crippen LogP contribution is -2.36. The van der Waals surface area contributed by atoms with Crippen molar-refractivity contribution in [3.63, 3.8) is 0 Å². The topological polar surface area (TPSA) is 157 Å². The van der Waals surface area contributed by atoms with Gasteiger partial charge in [-0.3, -0.25) is 4.79 Å². The third-order valence-corrected chi connectivity index (χ3v) is 5.53. The van der Waals surface area contributed by atoms with Crippen molar-refractivity contribution in [2.24, 2.45) is 0 Å². The third-order valence-electron chi connectivity index (χ3n) is 5.25. The van der Waals surface area contributed by atoms with Gasteiger partial charge >= 0.3 is 18.2 Å². The van der Waals surface area contributed by atoms with Crippen LogP contribution in [0, 0.1) is 0 Å². The van der Waals surface area contributed by atoms with Crippen molar-refractivity contribution in [1.29, 1.82) is 0 Å². The van der Waals surface area contributed by atoms with E-state index in [1.165, 1.54) is 6.92 Å². The number of nitrogens with one attached hydrogen (secondary N) is 5. The second-order valence-corrected chi connectivity index (χ2v) is 8.79. The molecule has 0 saturated carbocycles.